The molecule has 2 saturated carbocycles. The average Bonchev–Trinajstić information content (AvgIpc) is 3.54. The number of nitrogens with zero attached hydrogens (tertiary/aromatic N) is 2. The molecular formula is C46H44N2. The van der Waals surface area contributed by atoms with E-state index in [9.17, 15) is 5.26 Å². The molecule has 3 atom stereocenters. The van der Waals surface area contributed by atoms with E-state index in [4.69, 9.17) is 0 Å². The molecule has 0 aromatic heterocycles. The molecule has 2 heteroatoms. The zero-order valence-electron chi connectivity index (χ0n) is 28.7. The number of fused-ring (bicyclic) bond motifs is 8. The molecule has 2 bridgehead atoms. The van der Waals surface area contributed by atoms with Crippen LogP contribution in [-0.4, -0.2) is 0 Å². The normalized spacial score (nSPS) is 22.6. The second kappa shape index (κ2) is 11.0. The highest BCUT2D eigenvalue weighted by molar-refractivity contribution is 5.96. The van der Waals surface area contributed by atoms with E-state index in [0.717, 1.165) is 23.0 Å². The molecule has 2 fully saturated rings. The van der Waals surface area contributed by atoms with Crippen molar-refractivity contribution in [2.24, 2.45) is 17.8 Å². The van der Waals surface area contributed by atoms with Gasteiger partial charge >= 0.3 is 0 Å². The van der Waals surface area contributed by atoms with Crippen molar-refractivity contribution in [1.29, 1.82) is 5.26 Å². The third kappa shape index (κ3) is 4.36. The van der Waals surface area contributed by atoms with E-state index >= 15 is 0 Å². The molecule has 0 saturated heterocycles. The number of rotatable bonds is 4. The number of hydrogen-bond donors (Lipinski definition) is 0. The molecule has 0 N–H and O–H groups in total. The highest BCUT2D eigenvalue weighted by Gasteiger charge is 2.42. The van der Waals surface area contributed by atoms with Gasteiger partial charge in [-0.25, -0.2) is 0 Å². The Bertz CT molecular complexity index is 2110. The maximum Gasteiger partial charge on any atom is 0.0991 e. The third-order valence-electron chi connectivity index (χ3n) is 12.5. The Morgan fingerprint density at radius 3 is 2.10 bits per heavy atom. The fourth-order valence-electron chi connectivity index (χ4n) is 10.6. The van der Waals surface area contributed by atoms with Crippen LogP contribution in [0, 0.1) is 42.9 Å². The molecule has 0 radical (unpaired) electrons. The first-order chi connectivity index (χ1) is 23.3. The lowest BCUT2D eigenvalue weighted by Gasteiger charge is -2.42. The lowest BCUT2D eigenvalue weighted by atomic mass is 9.63. The second-order valence-corrected chi connectivity index (χ2v) is 15.7. The van der Waals surface area contributed by atoms with Gasteiger partial charge in [-0.2, -0.15) is 5.26 Å². The van der Waals surface area contributed by atoms with Gasteiger partial charge in [0.05, 0.1) is 23.0 Å². The molecule has 0 amide bonds. The summed E-state index contributed by atoms with van der Waals surface area (Å²) < 4.78 is 0. The first-order valence-electron chi connectivity index (χ1n) is 18.1. The SMILES string of the molecule is Cc1cc(C#N)cc(C)c1N(c1ccc2c(c1)C(C1CC3CCCC(C3)C1)c1ccccc1-2)c1cccc2c1-c1ccccc1C2(C)C. The van der Waals surface area contributed by atoms with Gasteiger partial charge in [-0.15, -0.1) is 0 Å². The van der Waals surface area contributed by atoms with Gasteiger partial charge in [-0.05, 0) is 131 Å². The Labute approximate surface area is 286 Å². The van der Waals surface area contributed by atoms with Crippen molar-refractivity contribution in [3.05, 3.63) is 136 Å². The monoisotopic (exact) mass is 624 g/mol. The quantitative estimate of drug-likeness (QED) is 0.199. The van der Waals surface area contributed by atoms with E-state index in [1.54, 1.807) is 0 Å². The van der Waals surface area contributed by atoms with Crippen LogP contribution in [0.2, 0.25) is 0 Å². The Kier molecular flexibility index (Phi) is 6.74. The highest BCUT2D eigenvalue weighted by Crippen LogP contribution is 2.58. The van der Waals surface area contributed by atoms with Crippen LogP contribution in [0.4, 0.5) is 17.1 Å². The van der Waals surface area contributed by atoms with Crippen molar-refractivity contribution >= 4 is 17.1 Å². The molecule has 5 aromatic carbocycles. The minimum absolute atomic E-state index is 0.0912. The molecule has 0 heterocycles. The number of benzene rings is 5. The van der Waals surface area contributed by atoms with Gasteiger partial charge in [0.15, 0.2) is 0 Å². The molecule has 4 aliphatic carbocycles. The summed E-state index contributed by atoms with van der Waals surface area (Å²) in [5.41, 5.74) is 17.7. The standard InChI is InChI=1S/C46H44N2/c1-28-21-32(27-47)22-29(2)45(28)48(42-18-10-17-41-44(42)38-15-7-8-16-40(38)46(41,3)4)34-19-20-36-35-13-5-6-14-37(35)43(39(36)26-34)33-24-30-11-9-12-31(23-30)25-33/h5-8,10,13-22,26,30-31,33,43H,9,11-12,23-25H2,1-4H3. The first kappa shape index (κ1) is 29.5. The van der Waals surface area contributed by atoms with Crippen molar-refractivity contribution in [3.63, 3.8) is 0 Å². The third-order valence-corrected chi connectivity index (χ3v) is 12.5. The highest BCUT2D eigenvalue weighted by atomic mass is 15.2. The number of anilines is 3. The molecule has 2 nitrogen and oxygen atoms in total. The van der Waals surface area contributed by atoms with E-state index in [1.165, 1.54) is 100 Å². The summed E-state index contributed by atoms with van der Waals surface area (Å²) in [6, 6.07) is 38.9. The minimum atomic E-state index is -0.0912. The van der Waals surface area contributed by atoms with Crippen LogP contribution < -0.4 is 4.90 Å². The van der Waals surface area contributed by atoms with E-state index in [1.807, 2.05) is 0 Å². The molecule has 0 aliphatic heterocycles. The molecule has 238 valence electrons. The smallest absolute Gasteiger partial charge is 0.0991 e. The summed E-state index contributed by atoms with van der Waals surface area (Å²) in [7, 11) is 0. The Morgan fingerprint density at radius 1 is 0.688 bits per heavy atom. The largest absolute Gasteiger partial charge is 0.309 e. The molecular weight excluding hydrogens is 581 g/mol. The summed E-state index contributed by atoms with van der Waals surface area (Å²) in [5, 5.41) is 9.88. The van der Waals surface area contributed by atoms with Crippen LogP contribution in [0.15, 0.2) is 97.1 Å². The lowest BCUT2D eigenvalue weighted by Crippen LogP contribution is -2.30. The van der Waals surface area contributed by atoms with E-state index in [2.05, 4.69) is 136 Å². The van der Waals surface area contributed by atoms with Gasteiger partial charge in [-0.3, -0.25) is 0 Å². The first-order valence-corrected chi connectivity index (χ1v) is 18.1. The van der Waals surface area contributed by atoms with Gasteiger partial charge in [0.1, 0.15) is 0 Å². The summed E-state index contributed by atoms with van der Waals surface area (Å²) in [4.78, 5) is 2.53. The zero-order valence-corrected chi connectivity index (χ0v) is 28.7. The van der Waals surface area contributed by atoms with E-state index in [0.29, 0.717) is 17.4 Å². The molecule has 4 aliphatic rings. The molecule has 0 spiro atoms. The molecule has 5 aromatic rings. The molecule has 48 heavy (non-hydrogen) atoms. The van der Waals surface area contributed by atoms with Crippen LogP contribution in [0.5, 0.6) is 0 Å². The summed E-state index contributed by atoms with van der Waals surface area (Å²) in [6.45, 7) is 9.07. The maximum atomic E-state index is 9.88. The topological polar surface area (TPSA) is 27.0 Å². The van der Waals surface area contributed by atoms with Gasteiger partial charge in [0.25, 0.3) is 0 Å². The van der Waals surface area contributed by atoms with Crippen LogP contribution in [0.1, 0.15) is 97.2 Å². The van der Waals surface area contributed by atoms with Crippen molar-refractivity contribution < 1.29 is 0 Å². The van der Waals surface area contributed by atoms with Gasteiger partial charge in [0.2, 0.25) is 0 Å². The average molecular weight is 625 g/mol. The summed E-state index contributed by atoms with van der Waals surface area (Å²) in [5.74, 6) is 2.90. The number of hydrogen-bond acceptors (Lipinski definition) is 2. The van der Waals surface area contributed by atoms with Crippen LogP contribution in [-0.2, 0) is 5.41 Å². The molecule has 3 unspecified atom stereocenters. The van der Waals surface area contributed by atoms with Crippen molar-refractivity contribution in [3.8, 4) is 28.3 Å². The molecule has 9 rings (SSSR count). The Balaban J connectivity index is 1.27. The van der Waals surface area contributed by atoms with Crippen LogP contribution in [0.3, 0.4) is 0 Å². The predicted molar refractivity (Wildman–Crippen MR) is 198 cm³/mol. The van der Waals surface area contributed by atoms with Gasteiger partial charge < -0.3 is 4.90 Å². The number of aryl methyl sites for hydroxylation is 2. The Morgan fingerprint density at radius 2 is 1.35 bits per heavy atom. The Hall–Kier alpha value is -4.61. The van der Waals surface area contributed by atoms with Gasteiger partial charge in [0, 0.05) is 22.6 Å². The summed E-state index contributed by atoms with van der Waals surface area (Å²) >= 11 is 0. The zero-order chi connectivity index (χ0) is 32.7. The fourth-order valence-corrected chi connectivity index (χ4v) is 10.6. The maximum absolute atomic E-state index is 9.88. The minimum Gasteiger partial charge on any atom is -0.309 e. The second-order valence-electron chi connectivity index (χ2n) is 15.7. The predicted octanol–water partition coefficient (Wildman–Crippen LogP) is 12.3. The fraction of sp³-hybridized carbons (Fsp3) is 0.326. The van der Waals surface area contributed by atoms with Crippen LogP contribution in [0.25, 0.3) is 22.3 Å². The van der Waals surface area contributed by atoms with Crippen molar-refractivity contribution in [2.75, 3.05) is 4.90 Å². The summed E-state index contributed by atoms with van der Waals surface area (Å²) in [6.07, 6.45) is 8.40. The van der Waals surface area contributed by atoms with Crippen molar-refractivity contribution in [2.45, 2.75) is 77.6 Å². The van der Waals surface area contributed by atoms with E-state index < -0.39 is 0 Å². The number of nitriles is 1. The lowest BCUT2D eigenvalue weighted by molar-refractivity contribution is 0.129. The van der Waals surface area contributed by atoms with Gasteiger partial charge in [-0.1, -0.05) is 99.8 Å². The van der Waals surface area contributed by atoms with Crippen LogP contribution >= 0.6 is 0 Å². The van der Waals surface area contributed by atoms with Crippen molar-refractivity contribution in [1.82, 2.24) is 0 Å². The van der Waals surface area contributed by atoms with E-state index in [-0.39, 0.29) is 5.41 Å².